The summed E-state index contributed by atoms with van der Waals surface area (Å²) in [6, 6.07) is 0. The SMILES string of the molecule is CCOC(=O)C(C)(C)C(=O)CS(=O)(=O)C1CCCCC1. The standard InChI is InChI=1S/C14H24O5S/c1-4-19-13(16)14(2,3)12(15)10-20(17,18)11-8-6-5-7-9-11/h11H,4-10H2,1-3H3. The molecular weight excluding hydrogens is 280 g/mol. The van der Waals surface area contributed by atoms with Gasteiger partial charge in [0, 0.05) is 0 Å². The normalized spacial score (nSPS) is 17.8. The summed E-state index contributed by atoms with van der Waals surface area (Å²) in [4.78, 5) is 23.9. The number of carbonyl (C=O) groups excluding carboxylic acids is 2. The molecule has 0 spiro atoms. The average molecular weight is 304 g/mol. The van der Waals surface area contributed by atoms with Crippen molar-refractivity contribution in [2.75, 3.05) is 12.4 Å². The highest BCUT2D eigenvalue weighted by Crippen LogP contribution is 2.27. The van der Waals surface area contributed by atoms with Crippen molar-refractivity contribution >= 4 is 21.6 Å². The molecule has 0 heterocycles. The second-order valence-electron chi connectivity index (χ2n) is 5.84. The maximum Gasteiger partial charge on any atom is 0.319 e. The molecule has 0 bridgehead atoms. The Bertz CT molecular complexity index is 458. The van der Waals surface area contributed by atoms with E-state index in [1.54, 1.807) is 6.92 Å². The summed E-state index contributed by atoms with van der Waals surface area (Å²) in [6.07, 6.45) is 4.07. The minimum Gasteiger partial charge on any atom is -0.465 e. The summed E-state index contributed by atoms with van der Waals surface area (Å²) in [5.74, 6) is -1.81. The van der Waals surface area contributed by atoms with Crippen LogP contribution in [0.3, 0.4) is 0 Å². The fourth-order valence-corrected chi connectivity index (χ4v) is 4.34. The van der Waals surface area contributed by atoms with Crippen LogP contribution in [0, 0.1) is 5.41 Å². The highest BCUT2D eigenvalue weighted by Gasteiger charge is 2.41. The molecule has 0 N–H and O–H groups in total. The maximum absolute atomic E-state index is 12.3. The third kappa shape index (κ3) is 4.04. The molecule has 5 nitrogen and oxygen atoms in total. The minimum atomic E-state index is -3.47. The zero-order valence-electron chi connectivity index (χ0n) is 12.5. The van der Waals surface area contributed by atoms with Gasteiger partial charge in [-0.15, -0.1) is 0 Å². The molecule has 0 amide bonds. The zero-order valence-corrected chi connectivity index (χ0v) is 13.3. The highest BCUT2D eigenvalue weighted by atomic mass is 32.2. The molecule has 1 saturated carbocycles. The number of sulfone groups is 1. The molecule has 0 aliphatic heterocycles. The lowest BCUT2D eigenvalue weighted by Crippen LogP contribution is -2.41. The van der Waals surface area contributed by atoms with Crippen LogP contribution in [-0.2, 0) is 24.2 Å². The number of Topliss-reactive ketones (excluding diaryl/α,β-unsaturated/α-hetero) is 1. The maximum atomic E-state index is 12.3. The van der Waals surface area contributed by atoms with Crippen LogP contribution in [0.5, 0.6) is 0 Å². The van der Waals surface area contributed by atoms with Gasteiger partial charge in [-0.1, -0.05) is 19.3 Å². The van der Waals surface area contributed by atoms with Crippen molar-refractivity contribution in [3.63, 3.8) is 0 Å². The van der Waals surface area contributed by atoms with Gasteiger partial charge >= 0.3 is 5.97 Å². The highest BCUT2D eigenvalue weighted by molar-refractivity contribution is 7.92. The van der Waals surface area contributed by atoms with Gasteiger partial charge in [-0.3, -0.25) is 9.59 Å². The smallest absolute Gasteiger partial charge is 0.319 e. The molecule has 20 heavy (non-hydrogen) atoms. The molecule has 1 rings (SSSR count). The molecule has 116 valence electrons. The molecule has 0 aromatic heterocycles. The van der Waals surface area contributed by atoms with E-state index in [9.17, 15) is 18.0 Å². The summed E-state index contributed by atoms with van der Waals surface area (Å²) in [5, 5.41) is -0.432. The Morgan fingerprint density at radius 3 is 2.20 bits per heavy atom. The molecule has 0 radical (unpaired) electrons. The number of ether oxygens (including phenoxy) is 1. The van der Waals surface area contributed by atoms with Gasteiger partial charge in [0.15, 0.2) is 15.6 Å². The lowest BCUT2D eigenvalue weighted by atomic mass is 9.89. The topological polar surface area (TPSA) is 77.5 Å². The molecule has 1 aliphatic carbocycles. The van der Waals surface area contributed by atoms with E-state index in [-0.39, 0.29) is 6.61 Å². The van der Waals surface area contributed by atoms with Crippen LogP contribution >= 0.6 is 0 Å². The van der Waals surface area contributed by atoms with Crippen LogP contribution in [0.1, 0.15) is 52.9 Å². The van der Waals surface area contributed by atoms with Gasteiger partial charge in [0.1, 0.15) is 11.2 Å². The van der Waals surface area contributed by atoms with Crippen LogP contribution < -0.4 is 0 Å². The second kappa shape index (κ2) is 6.70. The Morgan fingerprint density at radius 2 is 1.70 bits per heavy atom. The number of hydrogen-bond acceptors (Lipinski definition) is 5. The van der Waals surface area contributed by atoms with Crippen molar-refractivity contribution in [2.45, 2.75) is 58.1 Å². The zero-order chi connectivity index (χ0) is 15.4. The second-order valence-corrected chi connectivity index (χ2v) is 8.12. The summed E-state index contributed by atoms with van der Waals surface area (Å²) in [5.41, 5.74) is -1.41. The van der Waals surface area contributed by atoms with E-state index in [0.717, 1.165) is 19.3 Å². The Morgan fingerprint density at radius 1 is 1.15 bits per heavy atom. The first-order chi connectivity index (χ1) is 9.21. The fourth-order valence-electron chi connectivity index (χ4n) is 2.33. The first-order valence-corrected chi connectivity index (χ1v) is 8.85. The number of esters is 1. The molecule has 0 unspecified atom stereocenters. The summed E-state index contributed by atoms with van der Waals surface area (Å²) in [6.45, 7) is 4.66. The molecule has 0 atom stereocenters. The molecule has 0 aromatic carbocycles. The summed E-state index contributed by atoms with van der Waals surface area (Å²) < 4.78 is 29.3. The summed E-state index contributed by atoms with van der Waals surface area (Å²) >= 11 is 0. The lowest BCUT2D eigenvalue weighted by Gasteiger charge is -2.24. The third-order valence-corrected chi connectivity index (χ3v) is 6.03. The van der Waals surface area contributed by atoms with Gasteiger partial charge in [0.25, 0.3) is 0 Å². The number of hydrogen-bond donors (Lipinski definition) is 0. The van der Waals surface area contributed by atoms with E-state index in [1.165, 1.54) is 13.8 Å². The predicted molar refractivity (Wildman–Crippen MR) is 76.1 cm³/mol. The number of rotatable bonds is 6. The van der Waals surface area contributed by atoms with Gasteiger partial charge < -0.3 is 4.74 Å². The van der Waals surface area contributed by atoms with E-state index >= 15 is 0 Å². The van der Waals surface area contributed by atoms with Gasteiger partial charge in [-0.05, 0) is 33.6 Å². The predicted octanol–water partition coefficient (Wildman–Crippen LogP) is 1.89. The van der Waals surface area contributed by atoms with Crippen molar-refractivity contribution in [3.8, 4) is 0 Å². The first kappa shape index (κ1) is 17.1. The molecule has 1 aliphatic rings. The monoisotopic (exact) mass is 304 g/mol. The molecule has 0 saturated heterocycles. The van der Waals surface area contributed by atoms with Crippen LogP contribution in [0.15, 0.2) is 0 Å². The van der Waals surface area contributed by atoms with Crippen molar-refractivity contribution in [1.29, 1.82) is 0 Å². The Hall–Kier alpha value is -0.910. The molecule has 0 aromatic rings. The lowest BCUT2D eigenvalue weighted by molar-refractivity contribution is -0.157. The van der Waals surface area contributed by atoms with Gasteiger partial charge in [-0.25, -0.2) is 8.42 Å². The minimum absolute atomic E-state index is 0.172. The van der Waals surface area contributed by atoms with Gasteiger partial charge in [0.05, 0.1) is 11.9 Å². The molecular formula is C14H24O5S. The largest absolute Gasteiger partial charge is 0.465 e. The van der Waals surface area contributed by atoms with E-state index in [1.807, 2.05) is 0 Å². The number of ketones is 1. The van der Waals surface area contributed by atoms with Crippen molar-refractivity contribution < 1.29 is 22.7 Å². The quantitative estimate of drug-likeness (QED) is 0.553. The molecule has 1 fully saturated rings. The fraction of sp³-hybridized carbons (Fsp3) is 0.857. The van der Waals surface area contributed by atoms with Gasteiger partial charge in [0.2, 0.25) is 0 Å². The van der Waals surface area contributed by atoms with Crippen LogP contribution in [0.4, 0.5) is 0 Å². The van der Waals surface area contributed by atoms with E-state index < -0.39 is 38.0 Å². The summed E-state index contributed by atoms with van der Waals surface area (Å²) in [7, 11) is -3.47. The van der Waals surface area contributed by atoms with Gasteiger partial charge in [-0.2, -0.15) is 0 Å². The van der Waals surface area contributed by atoms with Crippen molar-refractivity contribution in [2.24, 2.45) is 5.41 Å². The van der Waals surface area contributed by atoms with Crippen molar-refractivity contribution in [3.05, 3.63) is 0 Å². The van der Waals surface area contributed by atoms with E-state index in [0.29, 0.717) is 12.8 Å². The first-order valence-electron chi connectivity index (χ1n) is 7.14. The van der Waals surface area contributed by atoms with Crippen molar-refractivity contribution in [1.82, 2.24) is 0 Å². The van der Waals surface area contributed by atoms with E-state index in [2.05, 4.69) is 0 Å². The Kier molecular flexibility index (Phi) is 5.74. The number of carbonyl (C=O) groups is 2. The Labute approximate surface area is 121 Å². The average Bonchev–Trinajstić information content (AvgIpc) is 2.39. The van der Waals surface area contributed by atoms with E-state index in [4.69, 9.17) is 4.74 Å². The third-order valence-electron chi connectivity index (χ3n) is 3.88. The Balaban J connectivity index is 2.75. The van der Waals surface area contributed by atoms with Crippen LogP contribution in [0.25, 0.3) is 0 Å². The van der Waals surface area contributed by atoms with Crippen LogP contribution in [0.2, 0.25) is 0 Å². The molecule has 6 heteroatoms. The van der Waals surface area contributed by atoms with Crippen LogP contribution in [-0.4, -0.2) is 37.8 Å².